The second kappa shape index (κ2) is 10.7. The van der Waals surface area contributed by atoms with Crippen LogP contribution in [0.5, 0.6) is 0 Å². The molecule has 0 fully saturated rings. The lowest BCUT2D eigenvalue weighted by Crippen LogP contribution is -2.32. The van der Waals surface area contributed by atoms with Gasteiger partial charge in [-0.3, -0.25) is 9.69 Å². The molecule has 9 heteroatoms. The van der Waals surface area contributed by atoms with Gasteiger partial charge in [-0.15, -0.1) is 16.4 Å². The maximum atomic E-state index is 13.4. The molecule has 0 unspecified atom stereocenters. The number of benzene rings is 2. The Labute approximate surface area is 218 Å². The minimum absolute atomic E-state index is 0.0901. The van der Waals surface area contributed by atoms with Gasteiger partial charge >= 0.3 is 0 Å². The second-order valence-corrected chi connectivity index (χ2v) is 10.4. The largest absolute Gasteiger partial charge is 0.322 e. The predicted octanol–water partition coefficient (Wildman–Crippen LogP) is 5.53. The Morgan fingerprint density at radius 2 is 1.86 bits per heavy atom. The van der Waals surface area contributed by atoms with Crippen molar-refractivity contribution in [2.45, 2.75) is 52.9 Å². The number of pyridine rings is 1. The lowest BCUT2D eigenvalue weighted by atomic mass is 10.0. The Hall–Kier alpha value is -3.69. The number of nitrogens with zero attached hydrogens (tertiary/aromatic N) is 5. The number of nitrogens with one attached hydrogen (secondary N) is 1. The third kappa shape index (κ3) is 5.52. The van der Waals surface area contributed by atoms with Gasteiger partial charge in [-0.25, -0.2) is 9.07 Å². The molecule has 0 spiro atoms. The minimum Gasteiger partial charge on any atom is -0.322 e. The first kappa shape index (κ1) is 25.0. The van der Waals surface area contributed by atoms with E-state index in [0.717, 1.165) is 28.5 Å². The van der Waals surface area contributed by atoms with E-state index in [9.17, 15) is 9.18 Å². The van der Waals surface area contributed by atoms with Crippen LogP contribution in [0.3, 0.4) is 0 Å². The van der Waals surface area contributed by atoms with Crippen LogP contribution in [0.4, 0.5) is 4.39 Å². The number of fused-ring (bicyclic) bond motifs is 1. The van der Waals surface area contributed by atoms with Gasteiger partial charge in [0.05, 0.1) is 12.6 Å². The number of aromatic nitrogens is 5. The topological polar surface area (TPSA) is 79.7 Å². The molecule has 5 rings (SSSR count). The van der Waals surface area contributed by atoms with Crippen LogP contribution in [0.2, 0.25) is 0 Å². The molecule has 5 aromatic rings. The number of hydrogen-bond donors (Lipinski definition) is 1. The molecule has 0 saturated carbocycles. The van der Waals surface area contributed by atoms with Crippen molar-refractivity contribution in [2.75, 3.05) is 0 Å². The Morgan fingerprint density at radius 1 is 1.08 bits per heavy atom. The van der Waals surface area contributed by atoms with E-state index in [1.807, 2.05) is 25.1 Å². The van der Waals surface area contributed by atoms with E-state index in [1.54, 1.807) is 28.2 Å². The highest BCUT2D eigenvalue weighted by Crippen LogP contribution is 2.28. The van der Waals surface area contributed by atoms with Crippen LogP contribution >= 0.6 is 11.3 Å². The Bertz CT molecular complexity index is 1560. The van der Waals surface area contributed by atoms with Gasteiger partial charge < -0.3 is 4.98 Å². The fraction of sp³-hybridized carbons (Fsp3) is 0.286. The molecule has 2 aromatic carbocycles. The van der Waals surface area contributed by atoms with Crippen molar-refractivity contribution in [3.8, 4) is 0 Å². The maximum Gasteiger partial charge on any atom is 0.252 e. The molecule has 0 amide bonds. The normalized spacial score (nSPS) is 12.5. The molecular formula is C28H29FN6OS. The molecule has 0 aliphatic carbocycles. The zero-order valence-electron chi connectivity index (χ0n) is 21.1. The summed E-state index contributed by atoms with van der Waals surface area (Å²) in [6.07, 6.45) is 0.749. The molecule has 0 aliphatic heterocycles. The number of halogens is 1. The summed E-state index contributed by atoms with van der Waals surface area (Å²) in [6, 6.07) is 16.5. The van der Waals surface area contributed by atoms with Crippen LogP contribution in [0.15, 0.2) is 64.8 Å². The Kier molecular flexibility index (Phi) is 7.25. The molecule has 0 aliphatic rings. The van der Waals surface area contributed by atoms with E-state index in [4.69, 9.17) is 0 Å². The first-order valence-electron chi connectivity index (χ1n) is 12.3. The number of hydrogen-bond acceptors (Lipinski definition) is 6. The summed E-state index contributed by atoms with van der Waals surface area (Å²) in [5.41, 5.74) is 4.70. The number of H-pyrrole nitrogens is 1. The SMILES string of the molecule is CC[C@@H](c1nnnn1Cc1ccc(F)cc1)N(Cc1cccs1)Cc1cc2cc(C)c(C)cc2[nH]c1=O. The standard InChI is InChI=1S/C28H29FN6OS/c1-4-26(27-31-32-33-35(27)15-20-7-9-23(29)10-8-20)34(17-24-6-5-11-37-24)16-22-14-21-12-18(2)19(3)13-25(21)30-28(22)36/h5-14,26H,4,15-17H2,1-3H3,(H,30,36)/t26-/m0/s1. The molecule has 0 bridgehead atoms. The van der Waals surface area contributed by atoms with Crippen LogP contribution in [-0.2, 0) is 19.6 Å². The first-order chi connectivity index (χ1) is 17.9. The molecule has 3 heterocycles. The monoisotopic (exact) mass is 516 g/mol. The van der Waals surface area contributed by atoms with Crippen molar-refractivity contribution < 1.29 is 4.39 Å². The van der Waals surface area contributed by atoms with Crippen LogP contribution < -0.4 is 5.56 Å². The van der Waals surface area contributed by atoms with Gasteiger partial charge in [-0.2, -0.15) is 0 Å². The predicted molar refractivity (Wildman–Crippen MR) is 144 cm³/mol. The van der Waals surface area contributed by atoms with E-state index in [1.165, 1.54) is 22.6 Å². The van der Waals surface area contributed by atoms with Gasteiger partial charge in [-0.1, -0.05) is 25.1 Å². The molecule has 3 aromatic heterocycles. The molecule has 0 radical (unpaired) electrons. The summed E-state index contributed by atoms with van der Waals surface area (Å²) >= 11 is 1.68. The number of thiophene rings is 1. The van der Waals surface area contributed by atoms with Gasteiger partial charge in [0.25, 0.3) is 5.56 Å². The van der Waals surface area contributed by atoms with Crippen molar-refractivity contribution in [3.63, 3.8) is 0 Å². The summed E-state index contributed by atoms with van der Waals surface area (Å²) in [5.74, 6) is 0.437. The number of rotatable bonds is 9. The average molecular weight is 517 g/mol. The van der Waals surface area contributed by atoms with Gasteiger partial charge in [0, 0.05) is 29.0 Å². The molecule has 190 valence electrons. The molecule has 37 heavy (non-hydrogen) atoms. The van der Waals surface area contributed by atoms with Crippen molar-refractivity contribution in [2.24, 2.45) is 0 Å². The smallest absolute Gasteiger partial charge is 0.252 e. The van der Waals surface area contributed by atoms with Crippen LogP contribution in [0.25, 0.3) is 10.9 Å². The zero-order chi connectivity index (χ0) is 25.9. The van der Waals surface area contributed by atoms with Gasteiger partial charge in [0.1, 0.15) is 5.82 Å². The minimum atomic E-state index is -0.278. The van der Waals surface area contributed by atoms with Crippen molar-refractivity contribution in [3.05, 3.63) is 109 Å². The van der Waals surface area contributed by atoms with E-state index in [0.29, 0.717) is 31.0 Å². The second-order valence-electron chi connectivity index (χ2n) is 9.38. The third-order valence-corrected chi connectivity index (χ3v) is 7.64. The molecular weight excluding hydrogens is 487 g/mol. The lowest BCUT2D eigenvalue weighted by Gasteiger charge is -2.30. The van der Waals surface area contributed by atoms with Crippen LogP contribution in [0, 0.1) is 19.7 Å². The summed E-state index contributed by atoms with van der Waals surface area (Å²) in [5, 5.41) is 15.7. The Morgan fingerprint density at radius 3 is 2.59 bits per heavy atom. The fourth-order valence-electron chi connectivity index (χ4n) is 4.67. The zero-order valence-corrected chi connectivity index (χ0v) is 21.9. The molecule has 1 atom stereocenters. The van der Waals surface area contributed by atoms with Crippen molar-refractivity contribution in [1.82, 2.24) is 30.1 Å². The van der Waals surface area contributed by atoms with E-state index < -0.39 is 0 Å². The average Bonchev–Trinajstić information content (AvgIpc) is 3.55. The van der Waals surface area contributed by atoms with Crippen LogP contribution in [-0.4, -0.2) is 30.1 Å². The highest BCUT2D eigenvalue weighted by Gasteiger charge is 2.26. The number of aryl methyl sites for hydroxylation is 2. The van der Waals surface area contributed by atoms with Gasteiger partial charge in [-0.05, 0) is 94.5 Å². The van der Waals surface area contributed by atoms with Gasteiger partial charge in [0.15, 0.2) is 5.82 Å². The molecule has 7 nitrogen and oxygen atoms in total. The molecule has 0 saturated heterocycles. The fourth-order valence-corrected chi connectivity index (χ4v) is 5.40. The van der Waals surface area contributed by atoms with Crippen molar-refractivity contribution >= 4 is 22.2 Å². The van der Waals surface area contributed by atoms with Crippen molar-refractivity contribution in [1.29, 1.82) is 0 Å². The first-order valence-corrected chi connectivity index (χ1v) is 13.2. The van der Waals surface area contributed by atoms with E-state index >= 15 is 0 Å². The van der Waals surface area contributed by atoms with Crippen LogP contribution in [0.1, 0.15) is 52.3 Å². The summed E-state index contributed by atoms with van der Waals surface area (Å²) in [7, 11) is 0. The van der Waals surface area contributed by atoms with E-state index in [-0.39, 0.29) is 17.4 Å². The molecule has 1 N–H and O–H groups in total. The summed E-state index contributed by atoms with van der Waals surface area (Å²) in [6.45, 7) is 7.76. The Balaban J connectivity index is 1.50. The summed E-state index contributed by atoms with van der Waals surface area (Å²) < 4.78 is 15.2. The maximum absolute atomic E-state index is 13.4. The highest BCUT2D eigenvalue weighted by molar-refractivity contribution is 7.09. The number of aromatic amines is 1. The quantitative estimate of drug-likeness (QED) is 0.279. The van der Waals surface area contributed by atoms with Gasteiger partial charge in [0.2, 0.25) is 0 Å². The lowest BCUT2D eigenvalue weighted by molar-refractivity contribution is 0.163. The summed E-state index contributed by atoms with van der Waals surface area (Å²) in [4.78, 5) is 19.7. The third-order valence-electron chi connectivity index (χ3n) is 6.78. The number of tetrazole rings is 1. The highest BCUT2D eigenvalue weighted by atomic mass is 32.1. The van der Waals surface area contributed by atoms with E-state index in [2.05, 4.69) is 56.8 Å².